The van der Waals surface area contributed by atoms with Gasteiger partial charge in [-0.15, -0.1) is 0 Å². The van der Waals surface area contributed by atoms with E-state index in [1.807, 2.05) is 17.8 Å². The number of carbonyl (C=O) groups excluding carboxylic acids is 1. The molecule has 3 aromatic rings. The van der Waals surface area contributed by atoms with Crippen molar-refractivity contribution in [3.63, 3.8) is 0 Å². The highest BCUT2D eigenvalue weighted by Gasteiger charge is 2.04. The van der Waals surface area contributed by atoms with Crippen molar-refractivity contribution in [1.82, 2.24) is 9.55 Å². The van der Waals surface area contributed by atoms with Gasteiger partial charge in [0.25, 0.3) is 0 Å². The van der Waals surface area contributed by atoms with Crippen molar-refractivity contribution < 1.29 is 9.53 Å². The Morgan fingerprint density at radius 2 is 1.92 bits per heavy atom. The number of nitrogens with zero attached hydrogens (tertiary/aromatic N) is 3. The van der Waals surface area contributed by atoms with Crippen LogP contribution in [0, 0.1) is 11.3 Å². The molecule has 5 heteroatoms. The lowest BCUT2D eigenvalue weighted by Crippen LogP contribution is -2.03. The van der Waals surface area contributed by atoms with Gasteiger partial charge in [-0.05, 0) is 48.0 Å². The summed E-state index contributed by atoms with van der Waals surface area (Å²) in [7, 11) is 1.91. The number of hydrogen-bond acceptors (Lipinski definition) is 4. The number of imidazole rings is 1. The van der Waals surface area contributed by atoms with E-state index in [0.717, 1.165) is 11.4 Å². The van der Waals surface area contributed by atoms with Crippen LogP contribution >= 0.6 is 0 Å². The minimum atomic E-state index is -0.0926. The quantitative estimate of drug-likeness (QED) is 0.505. The molecule has 5 nitrogen and oxygen atoms in total. The van der Waals surface area contributed by atoms with E-state index in [2.05, 4.69) is 11.1 Å². The van der Waals surface area contributed by atoms with E-state index in [-0.39, 0.29) is 5.78 Å². The van der Waals surface area contributed by atoms with Crippen molar-refractivity contribution in [2.75, 3.05) is 0 Å². The van der Waals surface area contributed by atoms with Gasteiger partial charge in [0.1, 0.15) is 18.2 Å². The average Bonchev–Trinajstić information content (AvgIpc) is 3.10. The number of hydrogen-bond donors (Lipinski definition) is 0. The molecule has 3 rings (SSSR count). The molecule has 0 fully saturated rings. The Balaban J connectivity index is 1.60. The zero-order valence-electron chi connectivity index (χ0n) is 14.3. The fourth-order valence-electron chi connectivity index (χ4n) is 2.34. The van der Waals surface area contributed by atoms with E-state index in [1.165, 1.54) is 6.08 Å². The SMILES string of the molecule is Cn1ccnc1COc1ccc(C(=O)/C=C/c2ccc(C#N)cc2)cc1. The fraction of sp³-hybridized carbons (Fsp3) is 0.0952. The van der Waals surface area contributed by atoms with E-state index in [9.17, 15) is 4.79 Å². The predicted molar refractivity (Wildman–Crippen MR) is 98.5 cm³/mol. The molecule has 0 bridgehead atoms. The van der Waals surface area contributed by atoms with Crippen LogP contribution in [0.5, 0.6) is 5.75 Å². The normalized spacial score (nSPS) is 10.6. The molecule has 0 atom stereocenters. The summed E-state index contributed by atoms with van der Waals surface area (Å²) in [5.41, 5.74) is 2.04. The van der Waals surface area contributed by atoms with Crippen LogP contribution in [0.4, 0.5) is 0 Å². The average molecular weight is 343 g/mol. The van der Waals surface area contributed by atoms with Gasteiger partial charge in [-0.1, -0.05) is 18.2 Å². The number of allylic oxidation sites excluding steroid dienone is 1. The molecule has 0 aliphatic rings. The monoisotopic (exact) mass is 343 g/mol. The van der Waals surface area contributed by atoms with Crippen molar-refractivity contribution in [2.24, 2.45) is 7.05 Å². The third-order valence-corrected chi connectivity index (χ3v) is 3.89. The van der Waals surface area contributed by atoms with Crippen LogP contribution < -0.4 is 4.74 Å². The predicted octanol–water partition coefficient (Wildman–Crippen LogP) is 3.77. The summed E-state index contributed by atoms with van der Waals surface area (Å²) in [5.74, 6) is 1.42. The number of ether oxygens (including phenoxy) is 1. The lowest BCUT2D eigenvalue weighted by Gasteiger charge is -2.06. The molecule has 0 unspecified atom stereocenters. The number of aromatic nitrogens is 2. The summed E-state index contributed by atoms with van der Waals surface area (Å²) in [4.78, 5) is 16.4. The van der Waals surface area contributed by atoms with E-state index in [0.29, 0.717) is 23.5 Å². The zero-order valence-corrected chi connectivity index (χ0v) is 14.3. The smallest absolute Gasteiger partial charge is 0.185 e. The van der Waals surface area contributed by atoms with Crippen molar-refractivity contribution in [3.05, 3.63) is 89.5 Å². The molecule has 0 N–H and O–H groups in total. The van der Waals surface area contributed by atoms with Crippen molar-refractivity contribution in [1.29, 1.82) is 5.26 Å². The summed E-state index contributed by atoms with van der Waals surface area (Å²) in [5, 5.41) is 8.79. The Bertz CT molecular complexity index is 962. The van der Waals surface area contributed by atoms with E-state index in [1.54, 1.807) is 60.8 Å². The van der Waals surface area contributed by atoms with Crippen LogP contribution in [0.25, 0.3) is 6.08 Å². The van der Waals surface area contributed by atoms with E-state index in [4.69, 9.17) is 10.00 Å². The molecule has 0 saturated carbocycles. The second-order valence-corrected chi connectivity index (χ2v) is 5.70. The topological polar surface area (TPSA) is 67.9 Å². The van der Waals surface area contributed by atoms with Crippen LogP contribution in [0.15, 0.2) is 67.0 Å². The van der Waals surface area contributed by atoms with Crippen LogP contribution in [-0.4, -0.2) is 15.3 Å². The second kappa shape index (κ2) is 7.95. The minimum absolute atomic E-state index is 0.0926. The summed E-state index contributed by atoms with van der Waals surface area (Å²) in [6.07, 6.45) is 6.83. The highest BCUT2D eigenvalue weighted by Crippen LogP contribution is 2.15. The largest absolute Gasteiger partial charge is 0.486 e. The highest BCUT2D eigenvalue weighted by molar-refractivity contribution is 6.06. The van der Waals surface area contributed by atoms with Crippen LogP contribution in [-0.2, 0) is 13.7 Å². The van der Waals surface area contributed by atoms with Crippen molar-refractivity contribution in [2.45, 2.75) is 6.61 Å². The summed E-state index contributed by atoms with van der Waals surface area (Å²) < 4.78 is 7.57. The molecule has 1 aromatic heterocycles. The van der Waals surface area contributed by atoms with Crippen LogP contribution in [0.3, 0.4) is 0 Å². The maximum absolute atomic E-state index is 12.2. The maximum Gasteiger partial charge on any atom is 0.185 e. The second-order valence-electron chi connectivity index (χ2n) is 5.70. The number of benzene rings is 2. The number of carbonyl (C=O) groups is 1. The summed E-state index contributed by atoms with van der Waals surface area (Å²) >= 11 is 0. The molecular weight excluding hydrogens is 326 g/mol. The molecule has 0 saturated heterocycles. The Labute approximate surface area is 151 Å². The summed E-state index contributed by atoms with van der Waals surface area (Å²) in [6, 6.07) is 16.1. The number of ketones is 1. The van der Waals surface area contributed by atoms with Crippen molar-refractivity contribution in [3.8, 4) is 11.8 Å². The van der Waals surface area contributed by atoms with Gasteiger partial charge in [0.15, 0.2) is 5.78 Å². The molecule has 0 radical (unpaired) electrons. The Kier molecular flexibility index (Phi) is 5.25. The van der Waals surface area contributed by atoms with E-state index >= 15 is 0 Å². The summed E-state index contributed by atoms with van der Waals surface area (Å²) in [6.45, 7) is 0.370. The third-order valence-electron chi connectivity index (χ3n) is 3.89. The first-order valence-corrected chi connectivity index (χ1v) is 8.07. The first kappa shape index (κ1) is 17.2. The van der Waals surface area contributed by atoms with Gasteiger partial charge in [0.05, 0.1) is 11.6 Å². The zero-order chi connectivity index (χ0) is 18.4. The molecule has 0 aliphatic heterocycles. The van der Waals surface area contributed by atoms with Gasteiger partial charge in [0.2, 0.25) is 0 Å². The Morgan fingerprint density at radius 1 is 1.19 bits per heavy atom. The van der Waals surface area contributed by atoms with Crippen LogP contribution in [0.1, 0.15) is 27.3 Å². The maximum atomic E-state index is 12.2. The third kappa shape index (κ3) is 4.25. The van der Waals surface area contributed by atoms with Gasteiger partial charge in [0, 0.05) is 25.0 Å². The van der Waals surface area contributed by atoms with Crippen LogP contribution in [0.2, 0.25) is 0 Å². The Hall–Kier alpha value is -3.65. The molecule has 2 aromatic carbocycles. The lowest BCUT2D eigenvalue weighted by atomic mass is 10.1. The molecule has 26 heavy (non-hydrogen) atoms. The molecular formula is C21H17N3O2. The van der Waals surface area contributed by atoms with Gasteiger partial charge in [-0.3, -0.25) is 4.79 Å². The molecule has 0 amide bonds. The molecule has 0 spiro atoms. The minimum Gasteiger partial charge on any atom is -0.486 e. The van der Waals surface area contributed by atoms with Gasteiger partial charge in [-0.2, -0.15) is 5.26 Å². The fourth-order valence-corrected chi connectivity index (χ4v) is 2.34. The molecule has 128 valence electrons. The van der Waals surface area contributed by atoms with Gasteiger partial charge in [-0.25, -0.2) is 4.98 Å². The first-order valence-electron chi connectivity index (χ1n) is 8.07. The van der Waals surface area contributed by atoms with Gasteiger partial charge >= 0.3 is 0 Å². The van der Waals surface area contributed by atoms with E-state index < -0.39 is 0 Å². The Morgan fingerprint density at radius 3 is 2.54 bits per heavy atom. The number of rotatable bonds is 6. The number of aryl methyl sites for hydroxylation is 1. The van der Waals surface area contributed by atoms with Crippen molar-refractivity contribution >= 4 is 11.9 Å². The molecule has 0 aliphatic carbocycles. The molecule has 1 heterocycles. The standard InChI is InChI=1S/C21H17N3O2/c1-24-13-12-23-21(24)15-26-19-9-7-18(8-10-19)20(25)11-6-16-2-4-17(14-22)5-3-16/h2-13H,15H2,1H3/b11-6+. The highest BCUT2D eigenvalue weighted by atomic mass is 16.5. The lowest BCUT2D eigenvalue weighted by molar-refractivity contribution is 0.104. The first-order chi connectivity index (χ1) is 12.7. The number of nitriles is 1. The van der Waals surface area contributed by atoms with Gasteiger partial charge < -0.3 is 9.30 Å².